The van der Waals surface area contributed by atoms with Crippen LogP contribution in [0.4, 0.5) is 10.1 Å². The number of carbonyl (C=O) groups excluding carboxylic acids is 2. The molecule has 0 saturated carbocycles. The van der Waals surface area contributed by atoms with Gasteiger partial charge >= 0.3 is 0 Å². The van der Waals surface area contributed by atoms with Crippen LogP contribution in [0.5, 0.6) is 0 Å². The maximum atomic E-state index is 14.3. The summed E-state index contributed by atoms with van der Waals surface area (Å²) in [7, 11) is 0. The number of piperidine rings is 1. The molecular formula is C24H30FN3O2. The third kappa shape index (κ3) is 4.99. The van der Waals surface area contributed by atoms with Crippen LogP contribution in [0.15, 0.2) is 42.5 Å². The number of aryl methyl sites for hydroxylation is 1. The van der Waals surface area contributed by atoms with E-state index >= 15 is 0 Å². The van der Waals surface area contributed by atoms with Crippen LogP contribution in [-0.2, 0) is 0 Å². The van der Waals surface area contributed by atoms with Crippen molar-refractivity contribution in [3.63, 3.8) is 0 Å². The second-order valence-electron chi connectivity index (χ2n) is 7.77. The molecule has 3 rings (SSSR count). The summed E-state index contributed by atoms with van der Waals surface area (Å²) in [6.07, 6.45) is 1.74. The first-order chi connectivity index (χ1) is 14.4. The van der Waals surface area contributed by atoms with E-state index in [1.165, 1.54) is 6.07 Å². The number of amides is 2. The lowest BCUT2D eigenvalue weighted by Crippen LogP contribution is -2.48. The van der Waals surface area contributed by atoms with Crippen molar-refractivity contribution < 1.29 is 14.0 Å². The van der Waals surface area contributed by atoms with Crippen molar-refractivity contribution in [3.8, 4) is 0 Å². The number of anilines is 1. The van der Waals surface area contributed by atoms with Gasteiger partial charge in [-0.2, -0.15) is 0 Å². The van der Waals surface area contributed by atoms with E-state index < -0.39 is 0 Å². The van der Waals surface area contributed by atoms with E-state index in [-0.39, 0.29) is 23.7 Å². The molecule has 1 aliphatic rings. The molecule has 5 nitrogen and oxygen atoms in total. The Bertz CT molecular complexity index is 894. The first-order valence-corrected chi connectivity index (χ1v) is 10.6. The monoisotopic (exact) mass is 411 g/mol. The number of nitrogens with zero attached hydrogens (tertiary/aromatic N) is 2. The van der Waals surface area contributed by atoms with Crippen molar-refractivity contribution in [1.29, 1.82) is 0 Å². The Balaban J connectivity index is 1.64. The topological polar surface area (TPSA) is 52.7 Å². The molecule has 6 heteroatoms. The molecule has 1 heterocycles. The van der Waals surface area contributed by atoms with Crippen LogP contribution in [0.3, 0.4) is 0 Å². The van der Waals surface area contributed by atoms with Crippen LogP contribution in [0.1, 0.15) is 53.0 Å². The molecule has 2 aromatic rings. The minimum Gasteiger partial charge on any atom is -0.367 e. The lowest BCUT2D eigenvalue weighted by atomic mass is 10.0. The molecule has 0 radical (unpaired) electrons. The van der Waals surface area contributed by atoms with Gasteiger partial charge < -0.3 is 15.1 Å². The average Bonchev–Trinajstić information content (AvgIpc) is 2.76. The van der Waals surface area contributed by atoms with E-state index in [1.807, 2.05) is 31.7 Å². The maximum absolute atomic E-state index is 14.3. The molecule has 0 aromatic heterocycles. The molecule has 160 valence electrons. The van der Waals surface area contributed by atoms with Gasteiger partial charge in [-0.1, -0.05) is 6.07 Å². The summed E-state index contributed by atoms with van der Waals surface area (Å²) < 4.78 is 14.3. The third-order valence-corrected chi connectivity index (χ3v) is 5.64. The minimum atomic E-state index is -0.235. The fraction of sp³-hybridized carbons (Fsp3) is 0.417. The van der Waals surface area contributed by atoms with E-state index in [0.717, 1.165) is 24.9 Å². The SMILES string of the molecule is CCN(CC)C(=O)c1ccc(C(=O)NC2CCCN(c3cc(C)ccc3F)C2)cc1. The van der Waals surface area contributed by atoms with Crippen molar-refractivity contribution in [3.05, 3.63) is 65.0 Å². The fourth-order valence-electron chi connectivity index (χ4n) is 3.91. The number of nitrogens with one attached hydrogen (secondary N) is 1. The first kappa shape index (κ1) is 21.8. The predicted octanol–water partition coefficient (Wildman–Crippen LogP) is 4.01. The number of hydrogen-bond donors (Lipinski definition) is 1. The Morgan fingerprint density at radius 3 is 2.43 bits per heavy atom. The quantitative estimate of drug-likeness (QED) is 0.781. The molecule has 0 spiro atoms. The Morgan fingerprint density at radius 2 is 1.77 bits per heavy atom. The lowest BCUT2D eigenvalue weighted by Gasteiger charge is -2.35. The Hall–Kier alpha value is -2.89. The summed E-state index contributed by atoms with van der Waals surface area (Å²) in [6.45, 7) is 8.48. The average molecular weight is 412 g/mol. The predicted molar refractivity (Wildman–Crippen MR) is 118 cm³/mol. The van der Waals surface area contributed by atoms with E-state index in [2.05, 4.69) is 5.32 Å². The molecule has 1 atom stereocenters. The number of halogens is 1. The second-order valence-corrected chi connectivity index (χ2v) is 7.77. The van der Waals surface area contributed by atoms with Gasteiger partial charge in [0.1, 0.15) is 5.82 Å². The van der Waals surface area contributed by atoms with E-state index in [9.17, 15) is 14.0 Å². The number of benzene rings is 2. The summed E-state index contributed by atoms with van der Waals surface area (Å²) in [4.78, 5) is 28.9. The zero-order valence-electron chi connectivity index (χ0n) is 18.0. The smallest absolute Gasteiger partial charge is 0.253 e. The Labute approximate surface area is 177 Å². The van der Waals surface area contributed by atoms with Gasteiger partial charge in [0.2, 0.25) is 0 Å². The highest BCUT2D eigenvalue weighted by molar-refractivity contribution is 5.98. The summed E-state index contributed by atoms with van der Waals surface area (Å²) >= 11 is 0. The standard InChI is InChI=1S/C24H30FN3O2/c1-4-27(5-2)24(30)19-11-9-18(10-12-19)23(29)26-20-7-6-14-28(16-20)22-15-17(3)8-13-21(22)25/h8-13,15,20H,4-7,14,16H2,1-3H3,(H,26,29). The van der Waals surface area contributed by atoms with Gasteiger partial charge in [-0.3, -0.25) is 9.59 Å². The molecule has 1 saturated heterocycles. The largest absolute Gasteiger partial charge is 0.367 e. The maximum Gasteiger partial charge on any atom is 0.253 e. The van der Waals surface area contributed by atoms with Gasteiger partial charge in [0.05, 0.1) is 5.69 Å². The molecule has 1 N–H and O–H groups in total. The van der Waals surface area contributed by atoms with Crippen LogP contribution in [0, 0.1) is 12.7 Å². The van der Waals surface area contributed by atoms with Gasteiger partial charge in [0, 0.05) is 43.3 Å². The summed E-state index contributed by atoms with van der Waals surface area (Å²) in [5.41, 5.74) is 2.70. The van der Waals surface area contributed by atoms with Gasteiger partial charge in [-0.05, 0) is 75.6 Å². The van der Waals surface area contributed by atoms with Gasteiger partial charge in [0.15, 0.2) is 0 Å². The van der Waals surface area contributed by atoms with Crippen LogP contribution in [0.25, 0.3) is 0 Å². The van der Waals surface area contributed by atoms with Crippen molar-refractivity contribution >= 4 is 17.5 Å². The molecule has 1 fully saturated rings. The highest BCUT2D eigenvalue weighted by Gasteiger charge is 2.24. The lowest BCUT2D eigenvalue weighted by molar-refractivity contribution is 0.0772. The summed E-state index contributed by atoms with van der Waals surface area (Å²) in [6, 6.07) is 11.8. The highest BCUT2D eigenvalue weighted by atomic mass is 19.1. The van der Waals surface area contributed by atoms with Crippen molar-refractivity contribution in [2.45, 2.75) is 39.7 Å². The summed E-state index contributed by atoms with van der Waals surface area (Å²) in [5.74, 6) is -0.440. The zero-order chi connectivity index (χ0) is 21.7. The number of rotatable bonds is 6. The molecule has 0 aliphatic carbocycles. The molecule has 1 unspecified atom stereocenters. The van der Waals surface area contributed by atoms with Crippen molar-refractivity contribution in [1.82, 2.24) is 10.2 Å². The van der Waals surface area contributed by atoms with Crippen LogP contribution < -0.4 is 10.2 Å². The molecule has 0 bridgehead atoms. The zero-order valence-corrected chi connectivity index (χ0v) is 18.0. The van der Waals surface area contributed by atoms with E-state index in [0.29, 0.717) is 36.4 Å². The van der Waals surface area contributed by atoms with Crippen LogP contribution in [0.2, 0.25) is 0 Å². The second kappa shape index (κ2) is 9.74. The minimum absolute atomic E-state index is 0.0324. The number of hydrogen-bond acceptors (Lipinski definition) is 3. The first-order valence-electron chi connectivity index (χ1n) is 10.6. The van der Waals surface area contributed by atoms with Crippen LogP contribution >= 0.6 is 0 Å². The molecular weight excluding hydrogens is 381 g/mol. The van der Waals surface area contributed by atoms with Crippen molar-refractivity contribution in [2.75, 3.05) is 31.1 Å². The van der Waals surface area contributed by atoms with Crippen molar-refractivity contribution in [2.24, 2.45) is 0 Å². The van der Waals surface area contributed by atoms with E-state index in [1.54, 1.807) is 35.2 Å². The number of carbonyl (C=O) groups is 2. The van der Waals surface area contributed by atoms with E-state index in [4.69, 9.17) is 0 Å². The Kier molecular flexibility index (Phi) is 7.08. The molecule has 30 heavy (non-hydrogen) atoms. The highest BCUT2D eigenvalue weighted by Crippen LogP contribution is 2.24. The molecule has 2 aromatic carbocycles. The normalized spacial score (nSPS) is 16.3. The fourth-order valence-corrected chi connectivity index (χ4v) is 3.91. The molecule has 2 amide bonds. The van der Waals surface area contributed by atoms with Crippen LogP contribution in [-0.4, -0.2) is 48.9 Å². The van der Waals surface area contributed by atoms with Gasteiger partial charge in [-0.15, -0.1) is 0 Å². The van der Waals surface area contributed by atoms with Gasteiger partial charge in [0.25, 0.3) is 11.8 Å². The molecule has 1 aliphatic heterocycles. The Morgan fingerprint density at radius 1 is 1.10 bits per heavy atom. The third-order valence-electron chi connectivity index (χ3n) is 5.64. The summed E-state index contributed by atoms with van der Waals surface area (Å²) in [5, 5.41) is 3.06. The van der Waals surface area contributed by atoms with Gasteiger partial charge in [-0.25, -0.2) is 4.39 Å².